The number of aromatic amines is 1. The van der Waals surface area contributed by atoms with Crippen molar-refractivity contribution in [2.24, 2.45) is 5.92 Å². The van der Waals surface area contributed by atoms with Crippen molar-refractivity contribution in [2.75, 3.05) is 0 Å². The lowest BCUT2D eigenvalue weighted by Crippen LogP contribution is -1.96. The maximum atomic E-state index is 4.17. The topological polar surface area (TPSA) is 28.7 Å². The molecule has 0 saturated carbocycles. The Labute approximate surface area is 68.0 Å². The maximum Gasteiger partial charge on any atom is 0.106 e. The second-order valence-corrected chi connectivity index (χ2v) is 3.09. The molecular weight excluding hydrogens is 136 g/mol. The summed E-state index contributed by atoms with van der Waals surface area (Å²) in [6.45, 7) is 4.51. The zero-order valence-corrected chi connectivity index (χ0v) is 7.30. The highest BCUT2D eigenvalue weighted by Gasteiger charge is 2.00. The average molecular weight is 152 g/mol. The first kappa shape index (κ1) is 8.31. The molecule has 1 N–H and O–H groups in total. The van der Waals surface area contributed by atoms with Crippen molar-refractivity contribution in [3.05, 3.63) is 18.2 Å². The molecule has 0 aliphatic heterocycles. The molecule has 2 nitrogen and oxygen atoms in total. The van der Waals surface area contributed by atoms with Gasteiger partial charge in [-0.3, -0.25) is 0 Å². The third kappa shape index (κ3) is 2.74. The SMILES string of the molecule is CCC(C)CCc1ncc[nH]1. The Bertz CT molecular complexity index is 179. The van der Waals surface area contributed by atoms with E-state index < -0.39 is 0 Å². The quantitative estimate of drug-likeness (QED) is 0.705. The number of aryl methyl sites for hydroxylation is 1. The van der Waals surface area contributed by atoms with Crippen molar-refractivity contribution in [3.8, 4) is 0 Å². The van der Waals surface area contributed by atoms with Crippen LogP contribution in [0.1, 0.15) is 32.5 Å². The van der Waals surface area contributed by atoms with Gasteiger partial charge in [-0.25, -0.2) is 4.98 Å². The highest BCUT2D eigenvalue weighted by molar-refractivity contribution is 4.86. The van der Waals surface area contributed by atoms with Crippen LogP contribution in [0.2, 0.25) is 0 Å². The van der Waals surface area contributed by atoms with Gasteiger partial charge in [0.1, 0.15) is 5.82 Å². The van der Waals surface area contributed by atoms with Crippen LogP contribution in [-0.4, -0.2) is 9.97 Å². The fourth-order valence-electron chi connectivity index (χ4n) is 1.02. The van der Waals surface area contributed by atoms with Crippen LogP contribution in [-0.2, 0) is 6.42 Å². The van der Waals surface area contributed by atoms with Crippen molar-refractivity contribution in [1.82, 2.24) is 9.97 Å². The molecule has 0 bridgehead atoms. The molecule has 1 atom stereocenters. The normalized spacial score (nSPS) is 13.3. The first-order valence-corrected chi connectivity index (χ1v) is 4.31. The fourth-order valence-corrected chi connectivity index (χ4v) is 1.02. The minimum atomic E-state index is 0.820. The highest BCUT2D eigenvalue weighted by atomic mass is 14.9. The first-order valence-electron chi connectivity index (χ1n) is 4.31. The predicted octanol–water partition coefficient (Wildman–Crippen LogP) is 2.39. The second-order valence-electron chi connectivity index (χ2n) is 3.09. The Morgan fingerprint density at radius 3 is 3.00 bits per heavy atom. The minimum Gasteiger partial charge on any atom is -0.349 e. The molecule has 2 heteroatoms. The lowest BCUT2D eigenvalue weighted by atomic mass is 10.0. The van der Waals surface area contributed by atoms with E-state index in [1.807, 2.05) is 12.4 Å². The molecule has 0 aliphatic rings. The Hall–Kier alpha value is -0.790. The van der Waals surface area contributed by atoms with Crippen LogP contribution in [0.4, 0.5) is 0 Å². The Morgan fingerprint density at radius 2 is 2.45 bits per heavy atom. The molecule has 0 radical (unpaired) electrons. The van der Waals surface area contributed by atoms with Gasteiger partial charge >= 0.3 is 0 Å². The van der Waals surface area contributed by atoms with E-state index in [9.17, 15) is 0 Å². The van der Waals surface area contributed by atoms with Crippen molar-refractivity contribution in [3.63, 3.8) is 0 Å². The molecule has 1 aromatic heterocycles. The van der Waals surface area contributed by atoms with Crippen molar-refractivity contribution >= 4 is 0 Å². The number of hydrogen-bond acceptors (Lipinski definition) is 1. The number of H-pyrrole nitrogens is 1. The molecule has 62 valence electrons. The minimum absolute atomic E-state index is 0.820. The summed E-state index contributed by atoms with van der Waals surface area (Å²) < 4.78 is 0. The van der Waals surface area contributed by atoms with Crippen LogP contribution >= 0.6 is 0 Å². The standard InChI is InChI=1S/C9H16N2/c1-3-8(2)4-5-9-10-6-7-11-9/h6-8H,3-5H2,1-2H3,(H,10,11). The summed E-state index contributed by atoms with van der Waals surface area (Å²) in [6, 6.07) is 0. The third-order valence-corrected chi connectivity index (χ3v) is 2.13. The molecule has 0 aliphatic carbocycles. The average Bonchev–Trinajstić information content (AvgIpc) is 2.52. The highest BCUT2D eigenvalue weighted by Crippen LogP contribution is 2.08. The van der Waals surface area contributed by atoms with Crippen molar-refractivity contribution in [1.29, 1.82) is 0 Å². The van der Waals surface area contributed by atoms with E-state index in [1.54, 1.807) is 0 Å². The largest absolute Gasteiger partial charge is 0.349 e. The van der Waals surface area contributed by atoms with E-state index >= 15 is 0 Å². The molecule has 1 aromatic rings. The summed E-state index contributed by atoms with van der Waals surface area (Å²) in [5.74, 6) is 1.94. The Kier molecular flexibility index (Phi) is 3.14. The van der Waals surface area contributed by atoms with E-state index in [0.717, 1.165) is 18.2 Å². The molecule has 0 amide bonds. The monoisotopic (exact) mass is 152 g/mol. The van der Waals surface area contributed by atoms with Gasteiger partial charge in [-0.1, -0.05) is 20.3 Å². The van der Waals surface area contributed by atoms with E-state index in [4.69, 9.17) is 0 Å². The smallest absolute Gasteiger partial charge is 0.106 e. The summed E-state index contributed by atoms with van der Waals surface area (Å²) in [5, 5.41) is 0. The van der Waals surface area contributed by atoms with E-state index in [-0.39, 0.29) is 0 Å². The van der Waals surface area contributed by atoms with Crippen LogP contribution in [0.15, 0.2) is 12.4 Å². The third-order valence-electron chi connectivity index (χ3n) is 2.13. The molecule has 1 rings (SSSR count). The summed E-state index contributed by atoms with van der Waals surface area (Å²) in [5.41, 5.74) is 0. The zero-order valence-electron chi connectivity index (χ0n) is 7.30. The van der Waals surface area contributed by atoms with Gasteiger partial charge in [0, 0.05) is 18.8 Å². The molecule has 0 spiro atoms. The van der Waals surface area contributed by atoms with Gasteiger partial charge < -0.3 is 4.98 Å². The summed E-state index contributed by atoms with van der Waals surface area (Å²) in [7, 11) is 0. The predicted molar refractivity (Wildman–Crippen MR) is 46.4 cm³/mol. The van der Waals surface area contributed by atoms with E-state index in [0.29, 0.717) is 0 Å². The van der Waals surface area contributed by atoms with Crippen LogP contribution in [0.25, 0.3) is 0 Å². The van der Waals surface area contributed by atoms with Crippen molar-refractivity contribution < 1.29 is 0 Å². The number of aromatic nitrogens is 2. The molecule has 1 heterocycles. The lowest BCUT2D eigenvalue weighted by Gasteiger charge is -2.04. The van der Waals surface area contributed by atoms with Gasteiger partial charge in [-0.05, 0) is 12.3 Å². The molecule has 0 fully saturated rings. The summed E-state index contributed by atoms with van der Waals surface area (Å²) >= 11 is 0. The second kappa shape index (κ2) is 4.16. The van der Waals surface area contributed by atoms with E-state index in [1.165, 1.54) is 12.8 Å². The van der Waals surface area contributed by atoms with Crippen LogP contribution in [0.5, 0.6) is 0 Å². The number of imidazole rings is 1. The summed E-state index contributed by atoms with van der Waals surface area (Å²) in [4.78, 5) is 7.27. The van der Waals surface area contributed by atoms with Crippen LogP contribution in [0, 0.1) is 5.92 Å². The fraction of sp³-hybridized carbons (Fsp3) is 0.667. The van der Waals surface area contributed by atoms with Gasteiger partial charge in [0.25, 0.3) is 0 Å². The maximum absolute atomic E-state index is 4.17. The molecule has 1 unspecified atom stereocenters. The molecule has 0 saturated heterocycles. The number of nitrogens with one attached hydrogen (secondary N) is 1. The molecule has 0 aromatic carbocycles. The van der Waals surface area contributed by atoms with E-state index in [2.05, 4.69) is 23.8 Å². The van der Waals surface area contributed by atoms with Gasteiger partial charge in [-0.15, -0.1) is 0 Å². The van der Waals surface area contributed by atoms with Gasteiger partial charge in [0.2, 0.25) is 0 Å². The Morgan fingerprint density at radius 1 is 1.64 bits per heavy atom. The van der Waals surface area contributed by atoms with Crippen LogP contribution in [0.3, 0.4) is 0 Å². The van der Waals surface area contributed by atoms with Gasteiger partial charge in [0.15, 0.2) is 0 Å². The number of hydrogen-bond donors (Lipinski definition) is 1. The van der Waals surface area contributed by atoms with Gasteiger partial charge in [0.05, 0.1) is 0 Å². The first-order chi connectivity index (χ1) is 5.33. The van der Waals surface area contributed by atoms with Crippen LogP contribution < -0.4 is 0 Å². The van der Waals surface area contributed by atoms with Gasteiger partial charge in [-0.2, -0.15) is 0 Å². The Balaban J connectivity index is 2.23. The zero-order chi connectivity index (χ0) is 8.10. The molecule has 11 heavy (non-hydrogen) atoms. The number of nitrogens with zero attached hydrogens (tertiary/aromatic N) is 1. The molecular formula is C9H16N2. The number of rotatable bonds is 4. The van der Waals surface area contributed by atoms with Crippen molar-refractivity contribution in [2.45, 2.75) is 33.1 Å². The summed E-state index contributed by atoms with van der Waals surface area (Å²) in [6.07, 6.45) is 7.28. The lowest BCUT2D eigenvalue weighted by molar-refractivity contribution is 0.510.